The third-order valence-corrected chi connectivity index (χ3v) is 1.59. The van der Waals surface area contributed by atoms with Gasteiger partial charge >= 0.3 is 5.97 Å². The number of amides is 1. The molecule has 0 aliphatic heterocycles. The predicted octanol–water partition coefficient (Wildman–Crippen LogP) is 0.903. The number of hydrogen-bond acceptors (Lipinski definition) is 4. The number of carbonyl (C=O) groups excluding carboxylic acids is 2. The second-order valence-corrected chi connectivity index (χ2v) is 2.78. The lowest BCUT2D eigenvalue weighted by Gasteiger charge is -2.04. The molecule has 1 amide bonds. The average molecular weight is 209 g/mol. The van der Waals surface area contributed by atoms with Crippen LogP contribution in [-0.4, -0.2) is 19.0 Å². The third kappa shape index (κ3) is 3.30. The Balaban J connectivity index is 2.64. The van der Waals surface area contributed by atoms with Crippen LogP contribution >= 0.6 is 0 Å². The van der Waals surface area contributed by atoms with Crippen molar-refractivity contribution in [3.05, 3.63) is 29.8 Å². The molecule has 0 unspecified atom stereocenters. The van der Waals surface area contributed by atoms with E-state index in [4.69, 9.17) is 4.84 Å². The van der Waals surface area contributed by atoms with Crippen LogP contribution in [0.25, 0.3) is 0 Å². The second kappa shape index (κ2) is 4.99. The second-order valence-electron chi connectivity index (χ2n) is 2.78. The van der Waals surface area contributed by atoms with Gasteiger partial charge in [0.1, 0.15) is 0 Å². The van der Waals surface area contributed by atoms with Gasteiger partial charge in [-0.05, 0) is 24.3 Å². The fourth-order valence-electron chi connectivity index (χ4n) is 0.908. The van der Waals surface area contributed by atoms with Gasteiger partial charge in [-0.2, -0.15) is 5.48 Å². The molecule has 15 heavy (non-hydrogen) atoms. The molecule has 0 aromatic heterocycles. The van der Waals surface area contributed by atoms with E-state index in [0.717, 1.165) is 0 Å². The van der Waals surface area contributed by atoms with Crippen molar-refractivity contribution in [1.82, 2.24) is 5.48 Å². The molecule has 0 spiro atoms. The van der Waals surface area contributed by atoms with Crippen molar-refractivity contribution in [2.75, 3.05) is 7.11 Å². The number of esters is 1. The highest BCUT2D eigenvalue weighted by atomic mass is 16.7. The zero-order valence-electron chi connectivity index (χ0n) is 8.44. The highest BCUT2D eigenvalue weighted by molar-refractivity contribution is 5.89. The Morgan fingerprint density at radius 1 is 1.20 bits per heavy atom. The summed E-state index contributed by atoms with van der Waals surface area (Å²) in [4.78, 5) is 26.5. The first kappa shape index (κ1) is 11.0. The summed E-state index contributed by atoms with van der Waals surface area (Å²) in [7, 11) is 1.31. The lowest BCUT2D eigenvalue weighted by molar-refractivity contribution is -0.125. The lowest BCUT2D eigenvalue weighted by Crippen LogP contribution is -2.23. The van der Waals surface area contributed by atoms with Crippen LogP contribution < -0.4 is 10.3 Å². The molecule has 5 nitrogen and oxygen atoms in total. The number of ether oxygens (including phenoxy) is 1. The standard InChI is InChI=1S/C10H11NO4/c1-7(12)11-15-9-5-3-8(4-6-9)10(13)14-2/h3-6H,1-2H3,(H,11,12). The minimum Gasteiger partial charge on any atom is -0.465 e. The van der Waals surface area contributed by atoms with Gasteiger partial charge in [-0.25, -0.2) is 4.79 Å². The zero-order chi connectivity index (χ0) is 11.3. The summed E-state index contributed by atoms with van der Waals surface area (Å²) in [6, 6.07) is 6.20. The van der Waals surface area contributed by atoms with E-state index in [1.165, 1.54) is 14.0 Å². The van der Waals surface area contributed by atoms with Crippen molar-refractivity contribution in [3.8, 4) is 5.75 Å². The molecular weight excluding hydrogens is 198 g/mol. The minimum atomic E-state index is -0.416. The molecule has 0 saturated carbocycles. The van der Waals surface area contributed by atoms with Crippen LogP contribution in [0.4, 0.5) is 0 Å². The topological polar surface area (TPSA) is 64.6 Å². The monoisotopic (exact) mass is 209 g/mol. The van der Waals surface area contributed by atoms with Crippen LogP contribution in [0.15, 0.2) is 24.3 Å². The predicted molar refractivity (Wildman–Crippen MR) is 52.2 cm³/mol. The number of hydroxylamine groups is 1. The maximum atomic E-state index is 11.1. The smallest absolute Gasteiger partial charge is 0.337 e. The first-order valence-corrected chi connectivity index (χ1v) is 4.25. The van der Waals surface area contributed by atoms with Crippen molar-refractivity contribution in [2.45, 2.75) is 6.92 Å². The number of rotatable bonds is 3. The molecule has 0 heterocycles. The van der Waals surface area contributed by atoms with E-state index < -0.39 is 5.97 Å². The Morgan fingerprint density at radius 3 is 2.27 bits per heavy atom. The summed E-state index contributed by atoms with van der Waals surface area (Å²) in [5, 5.41) is 0. The fourth-order valence-corrected chi connectivity index (χ4v) is 0.908. The summed E-state index contributed by atoms with van der Waals surface area (Å²) in [6.45, 7) is 1.34. The number of methoxy groups -OCH3 is 1. The van der Waals surface area contributed by atoms with Crippen LogP contribution in [0.5, 0.6) is 5.75 Å². The highest BCUT2D eigenvalue weighted by Crippen LogP contribution is 2.11. The van der Waals surface area contributed by atoms with Crippen LogP contribution in [0, 0.1) is 0 Å². The molecule has 0 saturated heterocycles. The van der Waals surface area contributed by atoms with Crippen molar-refractivity contribution in [2.24, 2.45) is 0 Å². The lowest BCUT2D eigenvalue weighted by atomic mass is 10.2. The number of hydrogen-bond donors (Lipinski definition) is 1. The molecule has 0 bridgehead atoms. The van der Waals surface area contributed by atoms with Crippen molar-refractivity contribution in [1.29, 1.82) is 0 Å². The van der Waals surface area contributed by atoms with Crippen LogP contribution in [0.3, 0.4) is 0 Å². The summed E-state index contributed by atoms with van der Waals surface area (Å²) in [6.07, 6.45) is 0. The van der Waals surface area contributed by atoms with E-state index in [2.05, 4.69) is 10.2 Å². The molecule has 5 heteroatoms. The van der Waals surface area contributed by atoms with Gasteiger partial charge in [-0.15, -0.1) is 0 Å². The number of carbonyl (C=O) groups is 2. The quantitative estimate of drug-likeness (QED) is 0.593. The van der Waals surface area contributed by atoms with E-state index in [0.29, 0.717) is 11.3 Å². The van der Waals surface area contributed by atoms with Crippen LogP contribution in [0.1, 0.15) is 17.3 Å². The van der Waals surface area contributed by atoms with Crippen molar-refractivity contribution < 1.29 is 19.2 Å². The van der Waals surface area contributed by atoms with Gasteiger partial charge in [-0.3, -0.25) is 4.79 Å². The highest BCUT2D eigenvalue weighted by Gasteiger charge is 2.04. The van der Waals surface area contributed by atoms with Gasteiger partial charge in [0.2, 0.25) is 5.91 Å². The summed E-state index contributed by atoms with van der Waals surface area (Å²) in [5.74, 6) is -0.272. The first-order valence-electron chi connectivity index (χ1n) is 4.25. The molecule has 1 aromatic carbocycles. The van der Waals surface area contributed by atoms with E-state index in [1.54, 1.807) is 24.3 Å². The number of nitrogens with one attached hydrogen (secondary N) is 1. The van der Waals surface area contributed by atoms with Gasteiger partial charge in [-0.1, -0.05) is 0 Å². The molecule has 0 aliphatic carbocycles. The van der Waals surface area contributed by atoms with E-state index in [1.807, 2.05) is 0 Å². The van der Waals surface area contributed by atoms with Crippen LogP contribution in [-0.2, 0) is 9.53 Å². The third-order valence-electron chi connectivity index (χ3n) is 1.59. The largest absolute Gasteiger partial charge is 0.465 e. The molecule has 0 aliphatic rings. The molecule has 80 valence electrons. The van der Waals surface area contributed by atoms with Gasteiger partial charge in [0.25, 0.3) is 0 Å². The molecule has 1 rings (SSSR count). The molecule has 1 aromatic rings. The van der Waals surface area contributed by atoms with E-state index in [-0.39, 0.29) is 5.91 Å². The van der Waals surface area contributed by atoms with Crippen molar-refractivity contribution in [3.63, 3.8) is 0 Å². The summed E-state index contributed by atoms with van der Waals surface area (Å²) >= 11 is 0. The SMILES string of the molecule is COC(=O)c1ccc(ONC(C)=O)cc1. The maximum absolute atomic E-state index is 11.1. The molecule has 0 fully saturated rings. The Bertz CT molecular complexity index is 358. The average Bonchev–Trinajstić information content (AvgIpc) is 2.26. The summed E-state index contributed by atoms with van der Waals surface area (Å²) < 4.78 is 4.52. The van der Waals surface area contributed by atoms with Crippen LogP contribution in [0.2, 0.25) is 0 Å². The fraction of sp³-hybridized carbons (Fsp3) is 0.200. The molecule has 0 radical (unpaired) electrons. The van der Waals surface area contributed by atoms with Gasteiger partial charge in [0.15, 0.2) is 5.75 Å². The Kier molecular flexibility index (Phi) is 3.68. The van der Waals surface area contributed by atoms with E-state index in [9.17, 15) is 9.59 Å². The van der Waals surface area contributed by atoms with E-state index >= 15 is 0 Å². The number of benzene rings is 1. The normalized spacial score (nSPS) is 9.20. The Labute approximate surface area is 86.9 Å². The first-order chi connectivity index (χ1) is 7.13. The van der Waals surface area contributed by atoms with Gasteiger partial charge < -0.3 is 9.57 Å². The Morgan fingerprint density at radius 2 is 1.80 bits per heavy atom. The van der Waals surface area contributed by atoms with Gasteiger partial charge in [0, 0.05) is 6.92 Å². The molecular formula is C10H11NO4. The maximum Gasteiger partial charge on any atom is 0.337 e. The summed E-state index contributed by atoms with van der Waals surface area (Å²) in [5.41, 5.74) is 2.59. The van der Waals surface area contributed by atoms with Crippen molar-refractivity contribution >= 4 is 11.9 Å². The molecule has 0 atom stereocenters. The van der Waals surface area contributed by atoms with Gasteiger partial charge in [0.05, 0.1) is 12.7 Å². The zero-order valence-corrected chi connectivity index (χ0v) is 8.44. The minimum absolute atomic E-state index is 0.299. The Hall–Kier alpha value is -2.04. The molecule has 1 N–H and O–H groups in total.